The summed E-state index contributed by atoms with van der Waals surface area (Å²) in [4.78, 5) is 14.9. The van der Waals surface area contributed by atoms with Crippen molar-refractivity contribution >= 4 is 27.5 Å². The maximum Gasteiger partial charge on any atom is 0.243 e. The van der Waals surface area contributed by atoms with Crippen molar-refractivity contribution in [2.45, 2.75) is 37.4 Å². The fraction of sp³-hybridized carbons (Fsp3) is 0.280. The number of nitrogens with zero attached hydrogens (tertiary/aromatic N) is 3. The highest BCUT2D eigenvalue weighted by Gasteiger charge is 2.30. The lowest BCUT2D eigenvalue weighted by Gasteiger charge is -2.26. The summed E-state index contributed by atoms with van der Waals surface area (Å²) in [6.07, 6.45) is 1.84. The number of halogens is 1. The molecular formula is C25H27ClN4O4S. The number of amides is 1. The van der Waals surface area contributed by atoms with Crippen LogP contribution < -0.4 is 9.46 Å². The van der Waals surface area contributed by atoms with E-state index in [0.717, 1.165) is 5.56 Å². The zero-order valence-corrected chi connectivity index (χ0v) is 21.3. The number of nitrogens with one attached hydrogen (secondary N) is 1. The van der Waals surface area contributed by atoms with Gasteiger partial charge in [-0.2, -0.15) is 9.98 Å². The lowest BCUT2D eigenvalue weighted by atomic mass is 10.1. The molecule has 1 atom stereocenters. The molecule has 3 aromatic rings. The summed E-state index contributed by atoms with van der Waals surface area (Å²) in [5.41, 5.74) is 1.67. The van der Waals surface area contributed by atoms with Crippen LogP contribution in [0.4, 0.5) is 0 Å². The highest BCUT2D eigenvalue weighted by Crippen LogP contribution is 2.25. The molecule has 0 spiro atoms. The van der Waals surface area contributed by atoms with Crippen LogP contribution in [0.3, 0.4) is 0 Å². The molecule has 0 radical (unpaired) electrons. The average molecular weight is 515 g/mol. The minimum Gasteiger partial charge on any atom is -0.496 e. The number of sulfonamides is 1. The van der Waals surface area contributed by atoms with Crippen LogP contribution in [0.25, 0.3) is 0 Å². The van der Waals surface area contributed by atoms with Crippen LogP contribution in [-0.4, -0.2) is 44.0 Å². The van der Waals surface area contributed by atoms with Crippen molar-refractivity contribution < 1.29 is 17.9 Å². The fourth-order valence-corrected chi connectivity index (χ4v) is 5.90. The Hall–Kier alpha value is -3.32. The van der Waals surface area contributed by atoms with Crippen LogP contribution in [0, 0.1) is 18.3 Å². The van der Waals surface area contributed by atoms with Gasteiger partial charge < -0.3 is 14.2 Å². The van der Waals surface area contributed by atoms with E-state index in [2.05, 4.69) is 10.8 Å². The van der Waals surface area contributed by atoms with E-state index in [1.165, 1.54) is 11.0 Å². The molecule has 0 fully saturated rings. The van der Waals surface area contributed by atoms with E-state index in [9.17, 15) is 18.5 Å². The quantitative estimate of drug-likeness (QED) is 0.444. The van der Waals surface area contributed by atoms with Crippen molar-refractivity contribution in [3.8, 4) is 11.8 Å². The summed E-state index contributed by atoms with van der Waals surface area (Å²) in [5.74, 6) is 0.205. The first-order valence-electron chi connectivity index (χ1n) is 10.9. The van der Waals surface area contributed by atoms with E-state index in [1.54, 1.807) is 62.2 Å². The fourth-order valence-electron chi connectivity index (χ4n) is 3.85. The number of benzene rings is 2. The number of aromatic nitrogens is 1. The molecule has 1 heterocycles. The van der Waals surface area contributed by atoms with Gasteiger partial charge in [0.15, 0.2) is 0 Å². The van der Waals surface area contributed by atoms with Gasteiger partial charge >= 0.3 is 0 Å². The van der Waals surface area contributed by atoms with Crippen molar-refractivity contribution in [3.63, 3.8) is 0 Å². The Morgan fingerprint density at radius 3 is 2.63 bits per heavy atom. The summed E-state index contributed by atoms with van der Waals surface area (Å²) >= 11 is 6.21. The minimum atomic E-state index is -4.12. The highest BCUT2D eigenvalue weighted by atomic mass is 35.5. The number of aryl methyl sites for hydroxylation is 2. The summed E-state index contributed by atoms with van der Waals surface area (Å²) < 4.78 is 36.2. The number of hydrogen-bond acceptors (Lipinski definition) is 5. The van der Waals surface area contributed by atoms with Gasteiger partial charge in [0, 0.05) is 31.9 Å². The van der Waals surface area contributed by atoms with Crippen LogP contribution in [0.2, 0.25) is 5.02 Å². The van der Waals surface area contributed by atoms with E-state index in [4.69, 9.17) is 16.3 Å². The molecule has 1 N–H and O–H groups in total. The molecule has 0 aliphatic rings. The zero-order chi connectivity index (χ0) is 25.6. The van der Waals surface area contributed by atoms with Gasteiger partial charge in [0.25, 0.3) is 0 Å². The third-order valence-electron chi connectivity index (χ3n) is 5.61. The molecule has 184 valence electrons. The summed E-state index contributed by atoms with van der Waals surface area (Å²) in [6, 6.07) is 16.5. The first kappa shape index (κ1) is 26.3. The Balaban J connectivity index is 1.89. The number of carbonyl (C=O) groups excluding carboxylic acids is 1. The second-order valence-corrected chi connectivity index (χ2v) is 10.1. The lowest BCUT2D eigenvalue weighted by Crippen LogP contribution is -2.47. The van der Waals surface area contributed by atoms with Gasteiger partial charge in [-0.3, -0.25) is 4.79 Å². The molecule has 1 aromatic heterocycles. The number of methoxy groups -OCH3 is 1. The number of likely N-dealkylation sites (N-methyl/N-ethyl adjacent to an activating group) is 1. The summed E-state index contributed by atoms with van der Waals surface area (Å²) in [7, 11) is -0.967. The van der Waals surface area contributed by atoms with Crippen molar-refractivity contribution in [1.29, 1.82) is 5.26 Å². The molecule has 1 amide bonds. The van der Waals surface area contributed by atoms with Crippen LogP contribution >= 0.6 is 11.6 Å². The zero-order valence-electron chi connectivity index (χ0n) is 19.7. The van der Waals surface area contributed by atoms with Gasteiger partial charge in [0.05, 0.1) is 12.1 Å². The third-order valence-corrected chi connectivity index (χ3v) is 7.71. The van der Waals surface area contributed by atoms with Crippen LogP contribution in [-0.2, 0) is 27.9 Å². The van der Waals surface area contributed by atoms with Crippen molar-refractivity contribution in [1.82, 2.24) is 14.2 Å². The highest BCUT2D eigenvalue weighted by molar-refractivity contribution is 7.89. The predicted molar refractivity (Wildman–Crippen MR) is 134 cm³/mol. The van der Waals surface area contributed by atoms with Gasteiger partial charge in [-0.15, -0.1) is 0 Å². The van der Waals surface area contributed by atoms with E-state index in [0.29, 0.717) is 17.0 Å². The Bertz CT molecular complexity index is 1330. The number of para-hydroxylation sites is 1. The molecule has 8 nitrogen and oxygen atoms in total. The molecule has 0 bridgehead atoms. The summed E-state index contributed by atoms with van der Waals surface area (Å²) in [5, 5.41) is 9.37. The molecule has 0 saturated carbocycles. The smallest absolute Gasteiger partial charge is 0.243 e. The van der Waals surface area contributed by atoms with Crippen molar-refractivity contribution in [3.05, 3.63) is 82.6 Å². The van der Waals surface area contributed by atoms with Gasteiger partial charge in [-0.05, 0) is 43.2 Å². The lowest BCUT2D eigenvalue weighted by molar-refractivity contribution is -0.132. The van der Waals surface area contributed by atoms with E-state index >= 15 is 0 Å². The maximum absolute atomic E-state index is 13.5. The molecule has 35 heavy (non-hydrogen) atoms. The minimum absolute atomic E-state index is 0.0643. The standard InChI is InChI=1S/C25H27ClN4O4S/c1-18-8-6-11-21(26)24(18)35(32,33)28-22(13-15-30-14-7-10-20(30)16-27)25(31)29(2)17-19-9-4-5-12-23(19)34-3/h4-12,14,22,28H,13,15,17H2,1-3H3. The van der Waals surface area contributed by atoms with E-state index in [1.807, 2.05) is 18.2 Å². The van der Waals surface area contributed by atoms with Crippen molar-refractivity contribution in [2.24, 2.45) is 0 Å². The SMILES string of the molecule is COc1ccccc1CN(C)C(=O)C(CCn1cccc1C#N)NS(=O)(=O)c1c(C)cccc1Cl. The molecule has 0 aliphatic carbocycles. The van der Waals surface area contributed by atoms with E-state index < -0.39 is 22.0 Å². The molecule has 0 aliphatic heterocycles. The summed E-state index contributed by atoms with van der Waals surface area (Å²) in [6.45, 7) is 2.13. The number of carbonyl (C=O) groups is 1. The Morgan fingerprint density at radius 1 is 1.20 bits per heavy atom. The number of ether oxygens (including phenoxy) is 1. The maximum atomic E-state index is 13.5. The van der Waals surface area contributed by atoms with E-state index in [-0.39, 0.29) is 29.4 Å². The predicted octanol–water partition coefficient (Wildman–Crippen LogP) is 3.73. The largest absolute Gasteiger partial charge is 0.496 e. The number of hydrogen-bond donors (Lipinski definition) is 1. The van der Waals surface area contributed by atoms with Crippen LogP contribution in [0.5, 0.6) is 5.75 Å². The number of rotatable bonds is 10. The Labute approximate surface area is 210 Å². The first-order valence-corrected chi connectivity index (χ1v) is 12.7. The molecule has 2 aromatic carbocycles. The Kier molecular flexibility index (Phi) is 8.57. The van der Waals surface area contributed by atoms with Gasteiger partial charge in [-0.1, -0.05) is 41.9 Å². The number of nitriles is 1. The van der Waals surface area contributed by atoms with Crippen LogP contribution in [0.1, 0.15) is 23.2 Å². The average Bonchev–Trinajstić information content (AvgIpc) is 3.29. The topological polar surface area (TPSA) is 104 Å². The second kappa shape index (κ2) is 11.4. The van der Waals surface area contributed by atoms with Crippen LogP contribution in [0.15, 0.2) is 65.7 Å². The second-order valence-electron chi connectivity index (χ2n) is 8.05. The molecule has 3 rings (SSSR count). The van der Waals surface area contributed by atoms with Gasteiger partial charge in [-0.25, -0.2) is 8.42 Å². The normalized spacial score (nSPS) is 12.1. The molecule has 1 unspecified atom stereocenters. The van der Waals surface area contributed by atoms with Crippen molar-refractivity contribution in [2.75, 3.05) is 14.2 Å². The Morgan fingerprint density at radius 2 is 1.94 bits per heavy atom. The third kappa shape index (κ3) is 6.22. The first-order chi connectivity index (χ1) is 16.7. The van der Waals surface area contributed by atoms with Gasteiger partial charge in [0.2, 0.25) is 15.9 Å². The molecular weight excluding hydrogens is 488 g/mol. The van der Waals surface area contributed by atoms with Gasteiger partial charge in [0.1, 0.15) is 28.4 Å². The molecule has 0 saturated heterocycles. The molecule has 10 heteroatoms. The monoisotopic (exact) mass is 514 g/mol.